The largest absolute Gasteiger partial charge is 0.381 e. The molecular weight excluding hydrogens is 304 g/mol. The highest BCUT2D eigenvalue weighted by Crippen LogP contribution is 2.24. The zero-order chi connectivity index (χ0) is 17.1. The fourth-order valence-electron chi connectivity index (χ4n) is 3.72. The van der Waals surface area contributed by atoms with E-state index in [-0.39, 0.29) is 11.8 Å². The first-order valence-corrected chi connectivity index (χ1v) is 8.93. The van der Waals surface area contributed by atoms with Gasteiger partial charge in [0.25, 0.3) is 0 Å². The molecule has 3 heterocycles. The van der Waals surface area contributed by atoms with E-state index in [1.807, 2.05) is 25.8 Å². The van der Waals surface area contributed by atoms with Crippen LogP contribution in [0.15, 0.2) is 6.07 Å². The molecule has 1 aromatic rings. The van der Waals surface area contributed by atoms with Crippen molar-refractivity contribution in [3.8, 4) is 0 Å². The summed E-state index contributed by atoms with van der Waals surface area (Å²) in [6, 6.07) is 2.06. The fraction of sp³-hybridized carbons (Fsp3) is 0.722. The third-order valence-electron chi connectivity index (χ3n) is 5.08. The summed E-state index contributed by atoms with van der Waals surface area (Å²) in [6.45, 7) is 8.11. The molecule has 0 aliphatic carbocycles. The maximum absolute atomic E-state index is 12.4. The maximum atomic E-state index is 12.4. The molecule has 0 spiro atoms. The standard InChI is InChI=1S/C18H28N4O2/c1-13-10-17(20-14(2)19-13)22-7-4-15(5-8-22)11-21(3)18(23)16-6-9-24-12-16/h10,15-16H,4-9,11-12H2,1-3H3. The van der Waals surface area contributed by atoms with Crippen molar-refractivity contribution in [3.63, 3.8) is 0 Å². The molecule has 2 aliphatic rings. The van der Waals surface area contributed by atoms with Gasteiger partial charge in [-0.1, -0.05) is 0 Å². The van der Waals surface area contributed by atoms with E-state index < -0.39 is 0 Å². The van der Waals surface area contributed by atoms with Crippen molar-refractivity contribution in [1.82, 2.24) is 14.9 Å². The van der Waals surface area contributed by atoms with Crippen molar-refractivity contribution >= 4 is 11.7 Å². The zero-order valence-corrected chi connectivity index (χ0v) is 15.0. The summed E-state index contributed by atoms with van der Waals surface area (Å²) in [6.07, 6.45) is 3.07. The minimum absolute atomic E-state index is 0.0714. The second kappa shape index (κ2) is 7.47. The highest BCUT2D eigenvalue weighted by atomic mass is 16.5. The van der Waals surface area contributed by atoms with E-state index in [2.05, 4.69) is 20.9 Å². The number of carbonyl (C=O) groups is 1. The minimum Gasteiger partial charge on any atom is -0.381 e. The molecule has 0 aromatic carbocycles. The van der Waals surface area contributed by atoms with E-state index in [0.717, 1.165) is 62.8 Å². The summed E-state index contributed by atoms with van der Waals surface area (Å²) < 4.78 is 5.33. The molecule has 3 rings (SSSR count). The number of ether oxygens (including phenoxy) is 1. The third kappa shape index (κ3) is 4.04. The predicted octanol–water partition coefficient (Wildman–Crippen LogP) is 1.80. The molecule has 6 heteroatoms. The topological polar surface area (TPSA) is 58.6 Å². The van der Waals surface area contributed by atoms with E-state index in [1.54, 1.807) is 0 Å². The van der Waals surface area contributed by atoms with Gasteiger partial charge < -0.3 is 14.5 Å². The van der Waals surface area contributed by atoms with Gasteiger partial charge in [0.2, 0.25) is 5.91 Å². The van der Waals surface area contributed by atoms with E-state index in [9.17, 15) is 4.79 Å². The van der Waals surface area contributed by atoms with E-state index in [0.29, 0.717) is 12.5 Å². The Hall–Kier alpha value is -1.69. The SMILES string of the molecule is Cc1cc(N2CCC(CN(C)C(=O)C3CCOC3)CC2)nc(C)n1. The molecule has 2 fully saturated rings. The van der Waals surface area contributed by atoms with Gasteiger partial charge in [0.05, 0.1) is 12.5 Å². The van der Waals surface area contributed by atoms with Crippen LogP contribution in [0.25, 0.3) is 0 Å². The summed E-state index contributed by atoms with van der Waals surface area (Å²) in [5, 5.41) is 0. The molecule has 1 atom stereocenters. The number of carbonyl (C=O) groups excluding carboxylic acids is 1. The van der Waals surface area contributed by atoms with Gasteiger partial charge in [0.15, 0.2) is 0 Å². The number of piperidine rings is 1. The Labute approximate surface area is 144 Å². The summed E-state index contributed by atoms with van der Waals surface area (Å²) in [5.41, 5.74) is 1.02. The minimum atomic E-state index is 0.0714. The maximum Gasteiger partial charge on any atom is 0.227 e. The van der Waals surface area contributed by atoms with Crippen LogP contribution in [0.4, 0.5) is 5.82 Å². The molecule has 0 bridgehead atoms. The second-order valence-corrected chi connectivity index (χ2v) is 7.12. The van der Waals surface area contributed by atoms with Crippen molar-refractivity contribution < 1.29 is 9.53 Å². The monoisotopic (exact) mass is 332 g/mol. The molecule has 2 saturated heterocycles. The Morgan fingerprint density at radius 3 is 2.67 bits per heavy atom. The lowest BCUT2D eigenvalue weighted by atomic mass is 9.95. The third-order valence-corrected chi connectivity index (χ3v) is 5.08. The second-order valence-electron chi connectivity index (χ2n) is 7.12. The van der Waals surface area contributed by atoms with Crippen LogP contribution in [-0.2, 0) is 9.53 Å². The molecular formula is C18H28N4O2. The predicted molar refractivity (Wildman–Crippen MR) is 93.0 cm³/mol. The average Bonchev–Trinajstić information content (AvgIpc) is 3.08. The summed E-state index contributed by atoms with van der Waals surface area (Å²) in [4.78, 5) is 25.6. The molecule has 0 N–H and O–H groups in total. The van der Waals surface area contributed by atoms with E-state index in [1.165, 1.54) is 0 Å². The van der Waals surface area contributed by atoms with Gasteiger partial charge in [-0.25, -0.2) is 9.97 Å². The molecule has 132 valence electrons. The van der Waals surface area contributed by atoms with Gasteiger partial charge in [0.1, 0.15) is 11.6 Å². The highest BCUT2D eigenvalue weighted by Gasteiger charge is 2.28. The number of aryl methyl sites for hydroxylation is 2. The molecule has 1 aromatic heterocycles. The van der Waals surface area contributed by atoms with Crippen LogP contribution in [0.2, 0.25) is 0 Å². The molecule has 24 heavy (non-hydrogen) atoms. The zero-order valence-electron chi connectivity index (χ0n) is 15.0. The smallest absolute Gasteiger partial charge is 0.227 e. The number of hydrogen-bond donors (Lipinski definition) is 0. The van der Waals surface area contributed by atoms with Crippen LogP contribution in [0.5, 0.6) is 0 Å². The van der Waals surface area contributed by atoms with Crippen LogP contribution < -0.4 is 4.90 Å². The van der Waals surface area contributed by atoms with Crippen LogP contribution in [-0.4, -0.2) is 60.7 Å². The van der Waals surface area contributed by atoms with Crippen molar-refractivity contribution in [2.75, 3.05) is 44.8 Å². The number of nitrogens with zero attached hydrogens (tertiary/aromatic N) is 4. The molecule has 0 radical (unpaired) electrons. The number of rotatable bonds is 4. The van der Waals surface area contributed by atoms with Gasteiger partial charge >= 0.3 is 0 Å². The molecule has 1 unspecified atom stereocenters. The first kappa shape index (κ1) is 17.1. The Bertz CT molecular complexity index is 558. The molecule has 0 saturated carbocycles. The Morgan fingerprint density at radius 2 is 2.04 bits per heavy atom. The Morgan fingerprint density at radius 1 is 1.29 bits per heavy atom. The quantitative estimate of drug-likeness (QED) is 0.841. The van der Waals surface area contributed by atoms with Gasteiger partial charge in [0, 0.05) is 45.0 Å². The van der Waals surface area contributed by atoms with Crippen molar-refractivity contribution in [1.29, 1.82) is 0 Å². The lowest BCUT2D eigenvalue weighted by Crippen LogP contribution is -2.41. The number of hydrogen-bond acceptors (Lipinski definition) is 5. The van der Waals surface area contributed by atoms with Gasteiger partial charge in [-0.3, -0.25) is 4.79 Å². The Kier molecular flexibility index (Phi) is 5.33. The van der Waals surface area contributed by atoms with Crippen LogP contribution in [0.3, 0.4) is 0 Å². The summed E-state index contributed by atoms with van der Waals surface area (Å²) in [7, 11) is 1.93. The molecule has 6 nitrogen and oxygen atoms in total. The van der Waals surface area contributed by atoms with Crippen LogP contribution >= 0.6 is 0 Å². The number of anilines is 1. The molecule has 2 aliphatic heterocycles. The first-order chi connectivity index (χ1) is 11.5. The van der Waals surface area contributed by atoms with Crippen LogP contribution in [0.1, 0.15) is 30.8 Å². The molecule has 1 amide bonds. The first-order valence-electron chi connectivity index (χ1n) is 8.93. The van der Waals surface area contributed by atoms with E-state index in [4.69, 9.17) is 4.74 Å². The lowest BCUT2D eigenvalue weighted by Gasteiger charge is -2.35. The highest BCUT2D eigenvalue weighted by molar-refractivity contribution is 5.78. The lowest BCUT2D eigenvalue weighted by molar-refractivity contribution is -0.134. The average molecular weight is 332 g/mol. The fourth-order valence-corrected chi connectivity index (χ4v) is 3.72. The van der Waals surface area contributed by atoms with Gasteiger partial charge in [-0.05, 0) is 39.0 Å². The van der Waals surface area contributed by atoms with E-state index >= 15 is 0 Å². The number of amides is 1. The normalized spacial score (nSPS) is 22.0. The van der Waals surface area contributed by atoms with Gasteiger partial charge in [-0.2, -0.15) is 0 Å². The van der Waals surface area contributed by atoms with Crippen LogP contribution in [0, 0.1) is 25.7 Å². The van der Waals surface area contributed by atoms with Crippen molar-refractivity contribution in [2.24, 2.45) is 11.8 Å². The Balaban J connectivity index is 1.50. The van der Waals surface area contributed by atoms with Crippen molar-refractivity contribution in [3.05, 3.63) is 17.6 Å². The summed E-state index contributed by atoms with van der Waals surface area (Å²) in [5.74, 6) is 2.75. The number of aromatic nitrogens is 2. The summed E-state index contributed by atoms with van der Waals surface area (Å²) >= 11 is 0. The van der Waals surface area contributed by atoms with Crippen molar-refractivity contribution in [2.45, 2.75) is 33.1 Å². The van der Waals surface area contributed by atoms with Gasteiger partial charge in [-0.15, -0.1) is 0 Å².